The van der Waals surface area contributed by atoms with Gasteiger partial charge in [0.25, 0.3) is 11.8 Å². The van der Waals surface area contributed by atoms with Gasteiger partial charge in [0, 0.05) is 22.3 Å². The number of hydrogen-bond acceptors (Lipinski definition) is 4. The Hall–Kier alpha value is -4.06. The molecule has 2 N–H and O–H groups in total. The van der Waals surface area contributed by atoms with Crippen molar-refractivity contribution in [2.75, 3.05) is 10.6 Å². The lowest BCUT2D eigenvalue weighted by Crippen LogP contribution is -2.13. The number of para-hydroxylation sites is 1. The predicted octanol–water partition coefficient (Wildman–Crippen LogP) is 5.72. The van der Waals surface area contributed by atoms with Crippen molar-refractivity contribution in [2.24, 2.45) is 0 Å². The highest BCUT2D eigenvalue weighted by Gasteiger charge is 2.13. The van der Waals surface area contributed by atoms with Crippen LogP contribution in [0.1, 0.15) is 34.8 Å². The fourth-order valence-electron chi connectivity index (χ4n) is 3.08. The summed E-state index contributed by atoms with van der Waals surface area (Å²) in [6.45, 7) is 3.90. The molecule has 4 rings (SSSR count). The molecule has 0 aliphatic rings. The topological polar surface area (TPSA) is 80.6 Å². The number of amides is 2. The van der Waals surface area contributed by atoms with Crippen LogP contribution in [0.2, 0.25) is 0 Å². The van der Waals surface area contributed by atoms with Gasteiger partial charge in [0.1, 0.15) is 11.3 Å². The second-order valence-electron chi connectivity index (χ2n) is 7.33. The number of nitrogens with one attached hydrogen (secondary N) is 2. The van der Waals surface area contributed by atoms with E-state index < -0.39 is 0 Å². The first kappa shape index (κ1) is 20.2. The third-order valence-electron chi connectivity index (χ3n) is 4.54. The molecule has 0 atom stereocenters. The highest BCUT2D eigenvalue weighted by molar-refractivity contribution is 6.06. The highest BCUT2D eigenvalue weighted by atomic mass is 16.5. The Morgan fingerprint density at radius 1 is 0.806 bits per heavy atom. The van der Waals surface area contributed by atoms with Crippen LogP contribution in [0.4, 0.5) is 11.4 Å². The van der Waals surface area contributed by atoms with Crippen LogP contribution in [0.5, 0.6) is 5.75 Å². The Labute approximate surface area is 179 Å². The molecule has 156 valence electrons. The van der Waals surface area contributed by atoms with Gasteiger partial charge in [0.15, 0.2) is 5.76 Å². The summed E-state index contributed by atoms with van der Waals surface area (Å²) in [5, 5.41) is 6.50. The molecule has 2 amide bonds. The number of carbonyl (C=O) groups excluding carboxylic acids is 2. The second-order valence-corrected chi connectivity index (χ2v) is 7.33. The largest absolute Gasteiger partial charge is 0.491 e. The molecule has 0 bridgehead atoms. The molecular weight excluding hydrogens is 392 g/mol. The maximum Gasteiger partial charge on any atom is 0.291 e. The minimum Gasteiger partial charge on any atom is -0.491 e. The zero-order chi connectivity index (χ0) is 21.8. The van der Waals surface area contributed by atoms with Crippen LogP contribution in [0, 0.1) is 0 Å². The maximum absolute atomic E-state index is 12.4. The van der Waals surface area contributed by atoms with E-state index in [1.165, 1.54) is 0 Å². The van der Waals surface area contributed by atoms with Crippen molar-refractivity contribution in [1.82, 2.24) is 0 Å². The zero-order valence-corrected chi connectivity index (χ0v) is 17.2. The fraction of sp³-hybridized carbons (Fsp3) is 0.120. The summed E-state index contributed by atoms with van der Waals surface area (Å²) < 4.78 is 11.2. The highest BCUT2D eigenvalue weighted by Crippen LogP contribution is 2.21. The van der Waals surface area contributed by atoms with Crippen molar-refractivity contribution < 1.29 is 18.7 Å². The van der Waals surface area contributed by atoms with E-state index in [1.807, 2.05) is 38.1 Å². The molecule has 1 aromatic heterocycles. The van der Waals surface area contributed by atoms with Gasteiger partial charge in [-0.2, -0.15) is 0 Å². The first-order valence-corrected chi connectivity index (χ1v) is 9.96. The van der Waals surface area contributed by atoms with Gasteiger partial charge in [-0.25, -0.2) is 0 Å². The Morgan fingerprint density at radius 3 is 2.03 bits per heavy atom. The van der Waals surface area contributed by atoms with Gasteiger partial charge in [0.05, 0.1) is 6.10 Å². The molecule has 0 aliphatic carbocycles. The molecule has 0 unspecified atom stereocenters. The second kappa shape index (κ2) is 8.75. The Balaban J connectivity index is 1.37. The number of anilines is 2. The van der Waals surface area contributed by atoms with Gasteiger partial charge < -0.3 is 19.8 Å². The van der Waals surface area contributed by atoms with Gasteiger partial charge >= 0.3 is 0 Å². The monoisotopic (exact) mass is 414 g/mol. The number of fused-ring (bicyclic) bond motifs is 1. The molecule has 0 aliphatic heterocycles. The Morgan fingerprint density at radius 2 is 1.42 bits per heavy atom. The third kappa shape index (κ3) is 4.93. The van der Waals surface area contributed by atoms with Gasteiger partial charge in [-0.05, 0) is 74.5 Å². The summed E-state index contributed by atoms with van der Waals surface area (Å²) >= 11 is 0. The molecule has 6 heteroatoms. The lowest BCUT2D eigenvalue weighted by atomic mass is 10.2. The van der Waals surface area contributed by atoms with Crippen molar-refractivity contribution in [3.8, 4) is 5.75 Å². The molecule has 0 fully saturated rings. The van der Waals surface area contributed by atoms with Crippen LogP contribution in [-0.4, -0.2) is 17.9 Å². The van der Waals surface area contributed by atoms with E-state index >= 15 is 0 Å². The van der Waals surface area contributed by atoms with Crippen molar-refractivity contribution in [1.29, 1.82) is 0 Å². The normalized spacial score (nSPS) is 10.8. The maximum atomic E-state index is 12.4. The van der Waals surface area contributed by atoms with E-state index in [-0.39, 0.29) is 23.7 Å². The molecule has 0 saturated heterocycles. The minimum atomic E-state index is -0.336. The number of furan rings is 1. The van der Waals surface area contributed by atoms with Gasteiger partial charge in [-0.1, -0.05) is 18.2 Å². The van der Waals surface area contributed by atoms with Crippen molar-refractivity contribution in [3.05, 3.63) is 90.2 Å². The lowest BCUT2D eigenvalue weighted by Gasteiger charge is -2.10. The summed E-state index contributed by atoms with van der Waals surface area (Å²) in [6, 6.07) is 23.0. The molecule has 3 aromatic carbocycles. The number of hydrogen-bond donors (Lipinski definition) is 2. The van der Waals surface area contributed by atoms with Crippen LogP contribution in [0.25, 0.3) is 11.0 Å². The molecule has 0 saturated carbocycles. The van der Waals surface area contributed by atoms with Crippen molar-refractivity contribution in [2.45, 2.75) is 20.0 Å². The number of rotatable bonds is 6. The smallest absolute Gasteiger partial charge is 0.291 e. The number of benzene rings is 3. The van der Waals surface area contributed by atoms with E-state index in [4.69, 9.17) is 9.15 Å². The van der Waals surface area contributed by atoms with Gasteiger partial charge in [-0.3, -0.25) is 9.59 Å². The number of carbonyl (C=O) groups is 2. The van der Waals surface area contributed by atoms with Crippen LogP contribution in [-0.2, 0) is 0 Å². The van der Waals surface area contributed by atoms with Gasteiger partial charge in [-0.15, -0.1) is 0 Å². The fourth-order valence-corrected chi connectivity index (χ4v) is 3.08. The molecular formula is C25H22N2O4. The van der Waals surface area contributed by atoms with Crippen LogP contribution >= 0.6 is 0 Å². The molecule has 4 aromatic rings. The van der Waals surface area contributed by atoms with E-state index in [0.29, 0.717) is 22.5 Å². The third-order valence-corrected chi connectivity index (χ3v) is 4.54. The average molecular weight is 414 g/mol. The standard InChI is InChI=1S/C25H22N2O4/c1-16(2)30-21-13-7-17(8-14-21)24(28)26-19-9-11-20(12-10-19)27-25(29)23-15-18-5-3-4-6-22(18)31-23/h3-16H,1-2H3,(H,26,28)(H,27,29). The SMILES string of the molecule is CC(C)Oc1ccc(C(=O)Nc2ccc(NC(=O)c3cc4ccccc4o3)cc2)cc1. The molecule has 31 heavy (non-hydrogen) atoms. The van der Waals surface area contributed by atoms with Crippen LogP contribution in [0.15, 0.2) is 83.3 Å². The Kier molecular flexibility index (Phi) is 5.71. The average Bonchev–Trinajstić information content (AvgIpc) is 3.20. The van der Waals surface area contributed by atoms with Crippen molar-refractivity contribution >= 4 is 34.2 Å². The first-order chi connectivity index (χ1) is 15.0. The summed E-state index contributed by atoms with van der Waals surface area (Å²) in [6.07, 6.45) is 0.0746. The van der Waals surface area contributed by atoms with E-state index in [1.54, 1.807) is 54.6 Å². The minimum absolute atomic E-state index is 0.0746. The predicted molar refractivity (Wildman–Crippen MR) is 121 cm³/mol. The number of ether oxygens (including phenoxy) is 1. The van der Waals surface area contributed by atoms with E-state index in [0.717, 1.165) is 11.1 Å². The van der Waals surface area contributed by atoms with Crippen LogP contribution in [0.3, 0.4) is 0 Å². The molecule has 6 nitrogen and oxygen atoms in total. The first-order valence-electron chi connectivity index (χ1n) is 9.96. The van der Waals surface area contributed by atoms with E-state index in [2.05, 4.69) is 10.6 Å². The zero-order valence-electron chi connectivity index (χ0n) is 17.2. The quantitative estimate of drug-likeness (QED) is 0.423. The molecule has 1 heterocycles. The van der Waals surface area contributed by atoms with Crippen molar-refractivity contribution in [3.63, 3.8) is 0 Å². The summed E-state index contributed by atoms with van der Waals surface area (Å²) in [7, 11) is 0. The molecule has 0 radical (unpaired) electrons. The van der Waals surface area contributed by atoms with E-state index in [9.17, 15) is 9.59 Å². The Bertz CT molecular complexity index is 1180. The lowest BCUT2D eigenvalue weighted by molar-refractivity contribution is 0.0996. The summed E-state index contributed by atoms with van der Waals surface area (Å²) in [5.74, 6) is 0.395. The summed E-state index contributed by atoms with van der Waals surface area (Å²) in [5.41, 5.74) is 2.40. The summed E-state index contributed by atoms with van der Waals surface area (Å²) in [4.78, 5) is 24.9. The van der Waals surface area contributed by atoms with Crippen LogP contribution < -0.4 is 15.4 Å². The molecule has 0 spiro atoms. The van der Waals surface area contributed by atoms with Gasteiger partial charge in [0.2, 0.25) is 0 Å².